The summed E-state index contributed by atoms with van der Waals surface area (Å²) in [4.78, 5) is 16.3. The van der Waals surface area contributed by atoms with Crippen molar-refractivity contribution in [2.75, 3.05) is 6.61 Å². The second-order valence-corrected chi connectivity index (χ2v) is 6.60. The van der Waals surface area contributed by atoms with Crippen molar-refractivity contribution < 1.29 is 14.6 Å². The normalized spacial score (nSPS) is 20.5. The van der Waals surface area contributed by atoms with E-state index in [2.05, 4.69) is 10.3 Å². The Morgan fingerprint density at radius 1 is 1.16 bits per heavy atom. The van der Waals surface area contributed by atoms with Crippen molar-refractivity contribution in [1.82, 2.24) is 10.3 Å². The molecular weight excluding hydrogens is 316 g/mol. The minimum absolute atomic E-state index is 0.0126. The van der Waals surface area contributed by atoms with Gasteiger partial charge in [-0.05, 0) is 48.4 Å². The molecule has 0 radical (unpaired) electrons. The van der Waals surface area contributed by atoms with Crippen LogP contribution >= 0.6 is 0 Å². The van der Waals surface area contributed by atoms with Crippen LogP contribution in [0.15, 0.2) is 54.9 Å². The average Bonchev–Trinajstić information content (AvgIpc) is 2.60. The number of nitrogens with zero attached hydrogens (tertiary/aromatic N) is 1. The van der Waals surface area contributed by atoms with Crippen molar-refractivity contribution in [2.45, 2.75) is 38.0 Å². The van der Waals surface area contributed by atoms with Gasteiger partial charge in [-0.2, -0.15) is 0 Å². The van der Waals surface area contributed by atoms with Crippen LogP contribution in [0.5, 0.6) is 0 Å². The molecule has 132 valence electrons. The van der Waals surface area contributed by atoms with Crippen LogP contribution in [-0.2, 0) is 22.6 Å². The van der Waals surface area contributed by atoms with Crippen LogP contribution in [0.2, 0.25) is 0 Å². The minimum atomic E-state index is -0.240. The molecule has 25 heavy (non-hydrogen) atoms. The van der Waals surface area contributed by atoms with Gasteiger partial charge in [0, 0.05) is 18.4 Å². The topological polar surface area (TPSA) is 71.5 Å². The lowest BCUT2D eigenvalue weighted by Crippen LogP contribution is -2.49. The van der Waals surface area contributed by atoms with Gasteiger partial charge < -0.3 is 15.2 Å². The first-order chi connectivity index (χ1) is 12.2. The predicted octanol–water partition coefficient (Wildman–Crippen LogP) is 2.10. The minimum Gasteiger partial charge on any atom is -0.393 e. The Morgan fingerprint density at radius 3 is 2.56 bits per heavy atom. The standard InChI is InChI=1S/C20H24N2O3/c23-18-11-17(12-18)19(10-15-6-8-21-9-7-15)22-20(24)14-25-13-16-4-2-1-3-5-16/h1-9,17-19,23H,10-14H2,(H,22,24). The number of amides is 1. The van der Waals surface area contributed by atoms with Crippen LogP contribution in [-0.4, -0.2) is 34.8 Å². The average molecular weight is 340 g/mol. The van der Waals surface area contributed by atoms with E-state index in [1.54, 1.807) is 12.4 Å². The molecule has 1 fully saturated rings. The van der Waals surface area contributed by atoms with Crippen molar-refractivity contribution in [3.05, 3.63) is 66.0 Å². The van der Waals surface area contributed by atoms with Crippen molar-refractivity contribution in [3.8, 4) is 0 Å². The summed E-state index contributed by atoms with van der Waals surface area (Å²) in [7, 11) is 0. The van der Waals surface area contributed by atoms with Gasteiger partial charge in [-0.25, -0.2) is 0 Å². The predicted molar refractivity (Wildman–Crippen MR) is 94.7 cm³/mol. The molecule has 1 aliphatic carbocycles. The number of pyridine rings is 1. The Morgan fingerprint density at radius 2 is 1.88 bits per heavy atom. The molecule has 3 rings (SSSR count). The van der Waals surface area contributed by atoms with Crippen molar-refractivity contribution in [3.63, 3.8) is 0 Å². The zero-order valence-electron chi connectivity index (χ0n) is 14.2. The smallest absolute Gasteiger partial charge is 0.246 e. The number of aromatic nitrogens is 1. The number of ether oxygens (including phenoxy) is 1. The van der Waals surface area contributed by atoms with Crippen molar-refractivity contribution >= 4 is 5.91 Å². The molecule has 1 atom stereocenters. The largest absolute Gasteiger partial charge is 0.393 e. The third-order valence-electron chi connectivity index (χ3n) is 4.61. The molecule has 2 aromatic rings. The molecule has 5 heteroatoms. The summed E-state index contributed by atoms with van der Waals surface area (Å²) in [5.74, 6) is 0.192. The van der Waals surface area contributed by atoms with E-state index in [4.69, 9.17) is 4.74 Å². The fourth-order valence-corrected chi connectivity index (χ4v) is 3.15. The second kappa shape index (κ2) is 8.74. The molecule has 1 saturated carbocycles. The van der Waals surface area contributed by atoms with Crippen LogP contribution in [0.1, 0.15) is 24.0 Å². The van der Waals surface area contributed by atoms with Gasteiger partial charge in [0.15, 0.2) is 0 Å². The number of carbonyl (C=O) groups excluding carboxylic acids is 1. The number of aliphatic hydroxyl groups excluding tert-OH is 1. The molecular formula is C20H24N2O3. The van der Waals surface area contributed by atoms with Crippen LogP contribution in [0, 0.1) is 5.92 Å². The lowest BCUT2D eigenvalue weighted by atomic mass is 9.75. The third kappa shape index (κ3) is 5.37. The Hall–Kier alpha value is -2.24. The number of rotatable bonds is 8. The Labute approximate surface area is 148 Å². The Bertz CT molecular complexity index is 657. The first-order valence-corrected chi connectivity index (χ1v) is 8.68. The Balaban J connectivity index is 1.49. The number of aliphatic hydroxyl groups is 1. The molecule has 1 amide bonds. The molecule has 5 nitrogen and oxygen atoms in total. The number of hydrogen-bond acceptors (Lipinski definition) is 4. The van der Waals surface area contributed by atoms with E-state index >= 15 is 0 Å². The maximum Gasteiger partial charge on any atom is 0.246 e. The maximum atomic E-state index is 12.2. The molecule has 1 aromatic heterocycles. The fraction of sp³-hybridized carbons (Fsp3) is 0.400. The molecule has 0 aliphatic heterocycles. The molecule has 1 heterocycles. The lowest BCUT2D eigenvalue weighted by Gasteiger charge is -2.38. The zero-order valence-corrected chi connectivity index (χ0v) is 14.2. The van der Waals surface area contributed by atoms with E-state index in [1.807, 2.05) is 42.5 Å². The van der Waals surface area contributed by atoms with Crippen LogP contribution in [0.25, 0.3) is 0 Å². The summed E-state index contributed by atoms with van der Waals surface area (Å²) in [6, 6.07) is 13.7. The van der Waals surface area contributed by atoms with E-state index in [1.165, 1.54) is 0 Å². The summed E-state index contributed by atoms with van der Waals surface area (Å²) < 4.78 is 5.51. The Kier molecular flexibility index (Phi) is 6.14. The maximum absolute atomic E-state index is 12.2. The van der Waals surface area contributed by atoms with Crippen molar-refractivity contribution in [2.24, 2.45) is 5.92 Å². The number of hydrogen-bond donors (Lipinski definition) is 2. The van der Waals surface area contributed by atoms with E-state index in [9.17, 15) is 9.90 Å². The molecule has 0 spiro atoms. The summed E-state index contributed by atoms with van der Waals surface area (Å²) in [5, 5.41) is 12.7. The summed E-state index contributed by atoms with van der Waals surface area (Å²) in [5.41, 5.74) is 2.18. The van der Waals surface area contributed by atoms with E-state index < -0.39 is 0 Å². The van der Waals surface area contributed by atoms with Gasteiger partial charge in [-0.15, -0.1) is 0 Å². The highest BCUT2D eigenvalue weighted by Crippen LogP contribution is 2.31. The first-order valence-electron chi connectivity index (χ1n) is 8.68. The van der Waals surface area contributed by atoms with E-state index in [-0.39, 0.29) is 24.7 Å². The molecule has 2 N–H and O–H groups in total. The van der Waals surface area contributed by atoms with E-state index in [0.29, 0.717) is 12.5 Å². The van der Waals surface area contributed by atoms with Gasteiger partial charge in [-0.3, -0.25) is 9.78 Å². The highest BCUT2D eigenvalue weighted by Gasteiger charge is 2.34. The summed E-state index contributed by atoms with van der Waals surface area (Å²) >= 11 is 0. The second-order valence-electron chi connectivity index (χ2n) is 6.60. The van der Waals surface area contributed by atoms with Gasteiger partial charge in [0.25, 0.3) is 0 Å². The van der Waals surface area contributed by atoms with E-state index in [0.717, 1.165) is 30.4 Å². The molecule has 1 aromatic carbocycles. The van der Waals surface area contributed by atoms with Crippen molar-refractivity contribution in [1.29, 1.82) is 0 Å². The van der Waals surface area contributed by atoms with Gasteiger partial charge in [-0.1, -0.05) is 30.3 Å². The number of carbonyl (C=O) groups is 1. The third-order valence-corrected chi connectivity index (χ3v) is 4.61. The van der Waals surface area contributed by atoms with Gasteiger partial charge >= 0.3 is 0 Å². The lowest BCUT2D eigenvalue weighted by molar-refractivity contribution is -0.128. The monoisotopic (exact) mass is 340 g/mol. The molecule has 1 aliphatic rings. The first kappa shape index (κ1) is 17.6. The fourth-order valence-electron chi connectivity index (χ4n) is 3.15. The zero-order chi connectivity index (χ0) is 17.5. The van der Waals surface area contributed by atoms with Crippen LogP contribution in [0.4, 0.5) is 0 Å². The van der Waals surface area contributed by atoms with Gasteiger partial charge in [0.05, 0.1) is 12.7 Å². The highest BCUT2D eigenvalue weighted by molar-refractivity contribution is 5.77. The molecule has 0 saturated heterocycles. The SMILES string of the molecule is O=C(COCc1ccccc1)NC(Cc1ccncc1)C1CC(O)C1. The number of nitrogens with one attached hydrogen (secondary N) is 1. The van der Waals surface area contributed by atoms with Gasteiger partial charge in [0.1, 0.15) is 6.61 Å². The number of benzene rings is 1. The highest BCUT2D eigenvalue weighted by atomic mass is 16.5. The quantitative estimate of drug-likeness (QED) is 0.772. The molecule has 0 bridgehead atoms. The summed E-state index contributed by atoms with van der Waals surface area (Å²) in [6.45, 7) is 0.461. The molecule has 1 unspecified atom stereocenters. The van der Waals surface area contributed by atoms with Crippen LogP contribution in [0.3, 0.4) is 0 Å². The summed E-state index contributed by atoms with van der Waals surface area (Å²) in [6.07, 6.45) is 5.49. The van der Waals surface area contributed by atoms with Crippen LogP contribution < -0.4 is 5.32 Å². The van der Waals surface area contributed by atoms with Gasteiger partial charge in [0.2, 0.25) is 5.91 Å².